The molecule has 0 atom stereocenters. The Morgan fingerprint density at radius 3 is 2.92 bits per heavy atom. The molecule has 1 heterocycles. The molecule has 12 heavy (non-hydrogen) atoms. The van der Waals surface area contributed by atoms with E-state index < -0.39 is 11.8 Å². The summed E-state index contributed by atoms with van der Waals surface area (Å²) in [5, 5.41) is 11.9. The van der Waals surface area contributed by atoms with Crippen molar-refractivity contribution >= 4 is 11.8 Å². The van der Waals surface area contributed by atoms with E-state index in [-0.39, 0.29) is 5.69 Å². The predicted octanol–water partition coefficient (Wildman–Crippen LogP) is 0.815. The van der Waals surface area contributed by atoms with Gasteiger partial charge in [0, 0.05) is 13.2 Å². The number of nitrogens with zero attached hydrogens (tertiary/aromatic N) is 2. The van der Waals surface area contributed by atoms with Crippen molar-refractivity contribution in [3.05, 3.63) is 24.0 Å². The van der Waals surface area contributed by atoms with Crippen molar-refractivity contribution in [2.45, 2.75) is 0 Å². The van der Waals surface area contributed by atoms with Gasteiger partial charge in [-0.05, 0) is 6.07 Å². The fourth-order valence-corrected chi connectivity index (χ4v) is 0.725. The maximum absolute atomic E-state index is 12.8. The Kier molecular flexibility index (Phi) is 2.23. The molecule has 0 unspecified atom stereocenters. The second-order valence-corrected chi connectivity index (χ2v) is 2.21. The van der Waals surface area contributed by atoms with Gasteiger partial charge in [0.05, 0.1) is 6.08 Å². The van der Waals surface area contributed by atoms with E-state index in [2.05, 4.69) is 5.10 Å². The number of carboxylic acid groups (broad SMARTS) is 1. The molecule has 5 heteroatoms. The Labute approximate surface area is 67.9 Å². The number of aromatic nitrogens is 2. The van der Waals surface area contributed by atoms with Crippen LogP contribution in [-0.4, -0.2) is 20.9 Å². The average molecular weight is 170 g/mol. The zero-order chi connectivity index (χ0) is 9.14. The Morgan fingerprint density at radius 2 is 2.50 bits per heavy atom. The summed E-state index contributed by atoms with van der Waals surface area (Å²) in [7, 11) is 1.62. The van der Waals surface area contributed by atoms with Gasteiger partial charge in [0.15, 0.2) is 5.83 Å². The zero-order valence-corrected chi connectivity index (χ0v) is 6.36. The van der Waals surface area contributed by atoms with E-state index in [1.54, 1.807) is 7.05 Å². The molecule has 0 fully saturated rings. The molecule has 4 nitrogen and oxygen atoms in total. The smallest absolute Gasteiger partial charge is 0.331 e. The minimum Gasteiger partial charge on any atom is -0.478 e. The quantitative estimate of drug-likeness (QED) is 0.668. The van der Waals surface area contributed by atoms with Crippen molar-refractivity contribution in [3.63, 3.8) is 0 Å². The fourth-order valence-electron chi connectivity index (χ4n) is 0.725. The summed E-state index contributed by atoms with van der Waals surface area (Å²) in [6, 6.07) is 1.40. The lowest BCUT2D eigenvalue weighted by Gasteiger charge is -1.88. The van der Waals surface area contributed by atoms with Crippen LogP contribution in [0.1, 0.15) is 5.69 Å². The second kappa shape index (κ2) is 3.17. The van der Waals surface area contributed by atoms with Crippen LogP contribution in [0.4, 0.5) is 4.39 Å². The van der Waals surface area contributed by atoms with Crippen LogP contribution in [0, 0.1) is 0 Å². The van der Waals surface area contributed by atoms with E-state index in [1.165, 1.54) is 16.9 Å². The number of carboxylic acids is 1. The average Bonchev–Trinajstić information content (AvgIpc) is 2.34. The van der Waals surface area contributed by atoms with Crippen LogP contribution in [0.2, 0.25) is 0 Å². The molecule has 1 aromatic rings. The van der Waals surface area contributed by atoms with E-state index in [0.717, 1.165) is 0 Å². The number of rotatable bonds is 2. The van der Waals surface area contributed by atoms with Gasteiger partial charge in [-0.2, -0.15) is 5.10 Å². The molecule has 0 saturated heterocycles. The molecule has 0 bridgehead atoms. The third kappa shape index (κ3) is 1.91. The summed E-state index contributed by atoms with van der Waals surface area (Å²) < 4.78 is 14.2. The Balaban J connectivity index is 2.91. The molecule has 0 radical (unpaired) electrons. The summed E-state index contributed by atoms with van der Waals surface area (Å²) in [6.07, 6.45) is 2.01. The van der Waals surface area contributed by atoms with Crippen LogP contribution < -0.4 is 0 Å². The molecule has 1 N–H and O–H groups in total. The minimum absolute atomic E-state index is 0.0277. The monoisotopic (exact) mass is 170 g/mol. The lowest BCUT2D eigenvalue weighted by Crippen LogP contribution is -1.92. The molecule has 0 spiro atoms. The van der Waals surface area contributed by atoms with Crippen molar-refractivity contribution in [1.29, 1.82) is 0 Å². The van der Waals surface area contributed by atoms with Crippen LogP contribution in [0.25, 0.3) is 5.83 Å². The molecule has 1 aromatic heterocycles. The maximum Gasteiger partial charge on any atom is 0.331 e. The van der Waals surface area contributed by atoms with Gasteiger partial charge in [0.1, 0.15) is 5.69 Å². The standard InChI is InChI=1S/C7H7FN2O2/c1-10-3-2-6(9-10)5(8)4-7(11)12/h2-4H,1H3,(H,11,12)/b5-4-. The number of halogens is 1. The molecule has 0 aliphatic rings. The number of hydrogen-bond donors (Lipinski definition) is 1. The maximum atomic E-state index is 12.8. The largest absolute Gasteiger partial charge is 0.478 e. The molecular formula is C7H7FN2O2. The summed E-state index contributed by atoms with van der Waals surface area (Å²) in [5.74, 6) is -2.17. The highest BCUT2D eigenvalue weighted by molar-refractivity contribution is 5.87. The van der Waals surface area contributed by atoms with E-state index in [0.29, 0.717) is 6.08 Å². The van der Waals surface area contributed by atoms with Crippen molar-refractivity contribution in [2.24, 2.45) is 7.05 Å². The Hall–Kier alpha value is -1.65. The van der Waals surface area contributed by atoms with E-state index in [9.17, 15) is 9.18 Å². The predicted molar refractivity (Wildman–Crippen MR) is 39.9 cm³/mol. The van der Waals surface area contributed by atoms with Gasteiger partial charge >= 0.3 is 5.97 Å². The van der Waals surface area contributed by atoms with Crippen molar-refractivity contribution in [2.75, 3.05) is 0 Å². The first-order valence-corrected chi connectivity index (χ1v) is 3.20. The summed E-state index contributed by atoms with van der Waals surface area (Å²) >= 11 is 0. The highest BCUT2D eigenvalue weighted by atomic mass is 19.1. The third-order valence-corrected chi connectivity index (χ3v) is 1.21. The van der Waals surface area contributed by atoms with Crippen molar-refractivity contribution < 1.29 is 14.3 Å². The van der Waals surface area contributed by atoms with Crippen LogP contribution in [0.5, 0.6) is 0 Å². The summed E-state index contributed by atoms with van der Waals surface area (Å²) in [5.41, 5.74) is 0.0277. The Morgan fingerprint density at radius 1 is 1.83 bits per heavy atom. The normalized spacial score (nSPS) is 11.7. The Bertz CT molecular complexity index is 330. The highest BCUT2D eigenvalue weighted by Gasteiger charge is 2.04. The zero-order valence-electron chi connectivity index (χ0n) is 6.36. The number of aliphatic carboxylic acids is 1. The van der Waals surface area contributed by atoms with Crippen molar-refractivity contribution in [3.8, 4) is 0 Å². The lowest BCUT2D eigenvalue weighted by atomic mass is 10.3. The minimum atomic E-state index is -1.32. The topological polar surface area (TPSA) is 55.1 Å². The summed E-state index contributed by atoms with van der Waals surface area (Å²) in [4.78, 5) is 10.0. The number of carbonyl (C=O) groups is 1. The van der Waals surface area contributed by atoms with E-state index in [4.69, 9.17) is 5.11 Å². The SMILES string of the molecule is Cn1ccc(/C(F)=C/C(=O)O)n1. The molecule has 0 aliphatic heterocycles. The molecule has 1 rings (SSSR count). The van der Waals surface area contributed by atoms with Gasteiger partial charge < -0.3 is 5.11 Å². The van der Waals surface area contributed by atoms with Crippen LogP contribution in [0.15, 0.2) is 18.3 Å². The second-order valence-electron chi connectivity index (χ2n) is 2.21. The van der Waals surface area contributed by atoms with Gasteiger partial charge in [0.2, 0.25) is 0 Å². The molecule has 0 aromatic carbocycles. The molecule has 0 saturated carbocycles. The van der Waals surface area contributed by atoms with E-state index in [1.807, 2.05) is 0 Å². The molecule has 64 valence electrons. The molecular weight excluding hydrogens is 163 g/mol. The third-order valence-electron chi connectivity index (χ3n) is 1.21. The van der Waals surface area contributed by atoms with E-state index >= 15 is 0 Å². The van der Waals surface area contributed by atoms with Gasteiger partial charge in [-0.1, -0.05) is 0 Å². The number of hydrogen-bond acceptors (Lipinski definition) is 2. The molecule has 0 amide bonds. The van der Waals surface area contributed by atoms with Gasteiger partial charge in [-0.3, -0.25) is 4.68 Å². The first-order chi connectivity index (χ1) is 5.59. The van der Waals surface area contributed by atoms with Crippen molar-refractivity contribution in [1.82, 2.24) is 9.78 Å². The fraction of sp³-hybridized carbons (Fsp3) is 0.143. The van der Waals surface area contributed by atoms with Crippen LogP contribution in [0.3, 0.4) is 0 Å². The first-order valence-electron chi connectivity index (χ1n) is 3.20. The summed E-state index contributed by atoms with van der Waals surface area (Å²) in [6.45, 7) is 0. The molecule has 0 aliphatic carbocycles. The number of aryl methyl sites for hydroxylation is 1. The first kappa shape index (κ1) is 8.45. The highest BCUT2D eigenvalue weighted by Crippen LogP contribution is 2.11. The van der Waals surface area contributed by atoms with Gasteiger partial charge in [-0.25, -0.2) is 9.18 Å². The van der Waals surface area contributed by atoms with Crippen LogP contribution in [-0.2, 0) is 11.8 Å². The van der Waals surface area contributed by atoms with Gasteiger partial charge in [-0.15, -0.1) is 0 Å². The van der Waals surface area contributed by atoms with Crippen LogP contribution >= 0.6 is 0 Å². The lowest BCUT2D eigenvalue weighted by molar-refractivity contribution is -0.131. The van der Waals surface area contributed by atoms with Gasteiger partial charge in [0.25, 0.3) is 0 Å².